The van der Waals surface area contributed by atoms with Gasteiger partial charge >= 0.3 is 0 Å². The molecule has 0 radical (unpaired) electrons. The van der Waals surface area contributed by atoms with Crippen LogP contribution in [0.25, 0.3) is 0 Å². The van der Waals surface area contributed by atoms with Crippen molar-refractivity contribution in [2.45, 2.75) is 59.6 Å². The molecular formula is C16H32N2O. The number of hydrogen-bond donors (Lipinski definition) is 2. The van der Waals surface area contributed by atoms with E-state index in [1.807, 2.05) is 0 Å². The molecule has 3 atom stereocenters. The normalized spacial score (nSPS) is 37.6. The van der Waals surface area contributed by atoms with Crippen LogP contribution in [0.3, 0.4) is 0 Å². The zero-order valence-corrected chi connectivity index (χ0v) is 13.4. The molecule has 2 rings (SSSR count). The number of nitrogens with one attached hydrogen (secondary N) is 2. The molecule has 0 aromatic heterocycles. The van der Waals surface area contributed by atoms with Gasteiger partial charge in [-0.1, -0.05) is 27.7 Å². The van der Waals surface area contributed by atoms with Crippen LogP contribution < -0.4 is 10.6 Å². The average molecular weight is 268 g/mol. The lowest BCUT2D eigenvalue weighted by Crippen LogP contribution is -2.62. The summed E-state index contributed by atoms with van der Waals surface area (Å²) < 4.78 is 5.82. The van der Waals surface area contributed by atoms with Gasteiger partial charge in [0.2, 0.25) is 0 Å². The SMILES string of the molecule is CCOC1CC(NCC2(C(C)C)CCNC2)C1(C)C. The summed E-state index contributed by atoms with van der Waals surface area (Å²) in [7, 11) is 0. The molecule has 1 aliphatic heterocycles. The number of rotatable bonds is 6. The van der Waals surface area contributed by atoms with Crippen molar-refractivity contribution in [2.75, 3.05) is 26.2 Å². The van der Waals surface area contributed by atoms with Crippen LogP contribution in [0.4, 0.5) is 0 Å². The number of hydrogen-bond acceptors (Lipinski definition) is 3. The first-order valence-corrected chi connectivity index (χ1v) is 7.98. The van der Waals surface area contributed by atoms with Crippen molar-refractivity contribution in [2.24, 2.45) is 16.7 Å². The highest BCUT2D eigenvalue weighted by Crippen LogP contribution is 2.43. The fourth-order valence-corrected chi connectivity index (χ4v) is 3.65. The van der Waals surface area contributed by atoms with Gasteiger partial charge in [-0.25, -0.2) is 0 Å². The largest absolute Gasteiger partial charge is 0.378 e. The van der Waals surface area contributed by atoms with Gasteiger partial charge in [0, 0.05) is 31.2 Å². The van der Waals surface area contributed by atoms with Gasteiger partial charge in [-0.2, -0.15) is 0 Å². The second-order valence-electron chi connectivity index (χ2n) is 7.38. The van der Waals surface area contributed by atoms with Gasteiger partial charge in [-0.3, -0.25) is 0 Å². The van der Waals surface area contributed by atoms with E-state index in [1.165, 1.54) is 25.9 Å². The van der Waals surface area contributed by atoms with Crippen molar-refractivity contribution < 1.29 is 4.74 Å². The van der Waals surface area contributed by atoms with Crippen molar-refractivity contribution >= 4 is 0 Å². The Morgan fingerprint density at radius 3 is 2.58 bits per heavy atom. The molecule has 3 heteroatoms. The molecule has 2 fully saturated rings. The molecule has 3 unspecified atom stereocenters. The third-order valence-electron chi connectivity index (χ3n) is 5.75. The van der Waals surface area contributed by atoms with Gasteiger partial charge in [-0.05, 0) is 37.6 Å². The van der Waals surface area contributed by atoms with Gasteiger partial charge in [0.25, 0.3) is 0 Å². The Bertz CT molecular complexity index is 295. The standard InChI is InChI=1S/C16H32N2O/c1-6-19-14-9-13(15(14,4)5)18-11-16(12(2)3)7-8-17-10-16/h12-14,17-18H,6-11H2,1-5H3. The maximum absolute atomic E-state index is 5.82. The van der Waals surface area contributed by atoms with Gasteiger partial charge in [0.05, 0.1) is 6.10 Å². The van der Waals surface area contributed by atoms with E-state index < -0.39 is 0 Å². The monoisotopic (exact) mass is 268 g/mol. The highest BCUT2D eigenvalue weighted by atomic mass is 16.5. The summed E-state index contributed by atoms with van der Waals surface area (Å²) in [6.07, 6.45) is 2.91. The minimum atomic E-state index is 0.278. The van der Waals surface area contributed by atoms with Crippen LogP contribution in [-0.2, 0) is 4.74 Å². The molecule has 3 nitrogen and oxygen atoms in total. The van der Waals surface area contributed by atoms with Crippen LogP contribution in [0.5, 0.6) is 0 Å². The fourth-order valence-electron chi connectivity index (χ4n) is 3.65. The molecule has 1 saturated heterocycles. The van der Waals surface area contributed by atoms with Crippen molar-refractivity contribution in [3.63, 3.8) is 0 Å². The Morgan fingerprint density at radius 1 is 1.37 bits per heavy atom. The van der Waals surface area contributed by atoms with E-state index in [0.717, 1.165) is 19.1 Å². The van der Waals surface area contributed by atoms with E-state index in [2.05, 4.69) is 45.3 Å². The molecule has 19 heavy (non-hydrogen) atoms. The molecule has 112 valence electrons. The zero-order valence-electron chi connectivity index (χ0n) is 13.4. The molecule has 0 aromatic rings. The van der Waals surface area contributed by atoms with Crippen LogP contribution in [0.1, 0.15) is 47.5 Å². The smallest absolute Gasteiger partial charge is 0.0655 e. The maximum Gasteiger partial charge on any atom is 0.0655 e. The summed E-state index contributed by atoms with van der Waals surface area (Å²) in [5.41, 5.74) is 0.729. The van der Waals surface area contributed by atoms with E-state index >= 15 is 0 Å². The zero-order chi connectivity index (χ0) is 14.1. The summed E-state index contributed by atoms with van der Waals surface area (Å²) in [4.78, 5) is 0. The van der Waals surface area contributed by atoms with E-state index in [-0.39, 0.29) is 5.41 Å². The van der Waals surface area contributed by atoms with E-state index in [9.17, 15) is 0 Å². The lowest BCUT2D eigenvalue weighted by molar-refractivity contribution is -0.116. The molecule has 1 aliphatic carbocycles. The first-order chi connectivity index (χ1) is 8.92. The first kappa shape index (κ1) is 15.3. The molecular weight excluding hydrogens is 236 g/mol. The summed E-state index contributed by atoms with van der Waals surface area (Å²) in [5.74, 6) is 0.737. The van der Waals surface area contributed by atoms with Crippen molar-refractivity contribution in [3.05, 3.63) is 0 Å². The summed E-state index contributed by atoms with van der Waals surface area (Å²) in [6, 6.07) is 0.611. The molecule has 0 amide bonds. The summed E-state index contributed by atoms with van der Waals surface area (Å²) >= 11 is 0. The predicted octanol–water partition coefficient (Wildman–Crippen LogP) is 2.42. The fraction of sp³-hybridized carbons (Fsp3) is 1.00. The van der Waals surface area contributed by atoms with Gasteiger partial charge < -0.3 is 15.4 Å². The van der Waals surface area contributed by atoms with Crippen molar-refractivity contribution in [1.29, 1.82) is 0 Å². The second-order valence-corrected chi connectivity index (χ2v) is 7.38. The minimum Gasteiger partial charge on any atom is -0.378 e. The highest BCUT2D eigenvalue weighted by molar-refractivity contribution is 5.04. The Morgan fingerprint density at radius 2 is 2.11 bits per heavy atom. The average Bonchev–Trinajstić information content (AvgIpc) is 2.83. The Labute approximate surface area is 118 Å². The van der Waals surface area contributed by atoms with E-state index in [4.69, 9.17) is 4.74 Å². The van der Waals surface area contributed by atoms with Gasteiger partial charge in [-0.15, -0.1) is 0 Å². The number of ether oxygens (including phenoxy) is 1. The molecule has 2 N–H and O–H groups in total. The minimum absolute atomic E-state index is 0.278. The Balaban J connectivity index is 1.86. The predicted molar refractivity (Wildman–Crippen MR) is 80.4 cm³/mol. The molecule has 1 saturated carbocycles. The topological polar surface area (TPSA) is 33.3 Å². The third kappa shape index (κ3) is 2.84. The van der Waals surface area contributed by atoms with Crippen LogP contribution in [0, 0.1) is 16.7 Å². The lowest BCUT2D eigenvalue weighted by atomic mass is 9.64. The quantitative estimate of drug-likeness (QED) is 0.776. The Kier molecular flexibility index (Phi) is 4.59. The molecule has 0 spiro atoms. The second kappa shape index (κ2) is 5.71. The highest BCUT2D eigenvalue weighted by Gasteiger charge is 2.49. The lowest BCUT2D eigenvalue weighted by Gasteiger charge is -2.53. The van der Waals surface area contributed by atoms with E-state index in [1.54, 1.807) is 0 Å². The van der Waals surface area contributed by atoms with Gasteiger partial charge in [0.1, 0.15) is 0 Å². The first-order valence-electron chi connectivity index (χ1n) is 7.98. The third-order valence-corrected chi connectivity index (χ3v) is 5.75. The summed E-state index contributed by atoms with van der Waals surface area (Å²) in [5, 5.41) is 7.38. The molecule has 1 heterocycles. The molecule has 0 bridgehead atoms. The molecule has 0 aromatic carbocycles. The van der Waals surface area contributed by atoms with Crippen molar-refractivity contribution in [1.82, 2.24) is 10.6 Å². The van der Waals surface area contributed by atoms with Crippen LogP contribution in [0.2, 0.25) is 0 Å². The summed E-state index contributed by atoms with van der Waals surface area (Å²) in [6.45, 7) is 15.8. The van der Waals surface area contributed by atoms with Crippen LogP contribution in [0.15, 0.2) is 0 Å². The van der Waals surface area contributed by atoms with Gasteiger partial charge in [0.15, 0.2) is 0 Å². The van der Waals surface area contributed by atoms with Crippen molar-refractivity contribution in [3.8, 4) is 0 Å². The van der Waals surface area contributed by atoms with Crippen LogP contribution >= 0.6 is 0 Å². The maximum atomic E-state index is 5.82. The van der Waals surface area contributed by atoms with E-state index in [0.29, 0.717) is 17.6 Å². The van der Waals surface area contributed by atoms with Crippen LogP contribution in [-0.4, -0.2) is 38.4 Å². The Hall–Kier alpha value is -0.120. The molecule has 2 aliphatic rings.